The van der Waals surface area contributed by atoms with E-state index in [-0.39, 0.29) is 11.7 Å². The number of anilines is 1. The molecule has 2 aromatic rings. The largest absolute Gasteiger partial charge is 0.481 e. The lowest BCUT2D eigenvalue weighted by Crippen LogP contribution is -2.03. The van der Waals surface area contributed by atoms with Gasteiger partial charge < -0.3 is 10.8 Å². The van der Waals surface area contributed by atoms with Gasteiger partial charge in [0.05, 0.1) is 17.6 Å². The average molecular weight is 254 g/mol. The van der Waals surface area contributed by atoms with E-state index in [1.807, 2.05) is 0 Å². The molecule has 0 fully saturated rings. The molecular formula is C8H10N6O2S. The summed E-state index contributed by atoms with van der Waals surface area (Å²) in [5.41, 5.74) is 6.38. The maximum absolute atomic E-state index is 10.5. The van der Waals surface area contributed by atoms with Crippen LogP contribution in [0.25, 0.3) is 5.69 Å². The van der Waals surface area contributed by atoms with Gasteiger partial charge in [-0.05, 0) is 0 Å². The molecule has 0 radical (unpaired) electrons. The van der Waals surface area contributed by atoms with Gasteiger partial charge >= 0.3 is 5.97 Å². The lowest BCUT2D eigenvalue weighted by Gasteiger charge is -2.03. The summed E-state index contributed by atoms with van der Waals surface area (Å²) in [6.45, 7) is 0. The Morgan fingerprint density at radius 1 is 1.59 bits per heavy atom. The summed E-state index contributed by atoms with van der Waals surface area (Å²) >= 11 is 1.05. The molecule has 90 valence electrons. The minimum absolute atomic E-state index is 0.0988. The van der Waals surface area contributed by atoms with Crippen LogP contribution in [0.5, 0.6) is 0 Å². The molecule has 2 heterocycles. The van der Waals surface area contributed by atoms with Gasteiger partial charge in [0, 0.05) is 13.2 Å². The number of aromatic nitrogens is 5. The van der Waals surface area contributed by atoms with E-state index in [0.29, 0.717) is 10.8 Å². The van der Waals surface area contributed by atoms with Crippen LogP contribution in [0.1, 0.15) is 0 Å². The van der Waals surface area contributed by atoms with Crippen molar-refractivity contribution in [2.24, 2.45) is 7.05 Å². The quantitative estimate of drug-likeness (QED) is 0.724. The average Bonchev–Trinajstić information content (AvgIpc) is 2.82. The minimum Gasteiger partial charge on any atom is -0.481 e. The number of rotatable bonds is 4. The summed E-state index contributed by atoms with van der Waals surface area (Å²) in [5.74, 6) is -0.821. The van der Waals surface area contributed by atoms with E-state index in [4.69, 9.17) is 10.8 Å². The van der Waals surface area contributed by atoms with Crippen LogP contribution < -0.4 is 5.73 Å². The molecule has 0 saturated heterocycles. The molecule has 0 aliphatic carbocycles. The number of aryl methyl sites for hydroxylation is 1. The van der Waals surface area contributed by atoms with E-state index in [0.717, 1.165) is 11.8 Å². The highest BCUT2D eigenvalue weighted by Crippen LogP contribution is 2.22. The van der Waals surface area contributed by atoms with Gasteiger partial charge in [-0.3, -0.25) is 14.0 Å². The first-order chi connectivity index (χ1) is 8.08. The molecule has 8 nitrogen and oxygen atoms in total. The molecule has 0 aliphatic heterocycles. The molecule has 0 atom stereocenters. The van der Waals surface area contributed by atoms with Gasteiger partial charge in [0.1, 0.15) is 0 Å². The monoisotopic (exact) mass is 254 g/mol. The maximum Gasteiger partial charge on any atom is 0.313 e. The van der Waals surface area contributed by atoms with E-state index < -0.39 is 5.97 Å². The number of carboxylic acid groups (broad SMARTS) is 1. The molecule has 9 heteroatoms. The first kappa shape index (κ1) is 11.5. The Morgan fingerprint density at radius 2 is 2.35 bits per heavy atom. The molecule has 0 unspecified atom stereocenters. The predicted molar refractivity (Wildman–Crippen MR) is 60.9 cm³/mol. The van der Waals surface area contributed by atoms with Crippen molar-refractivity contribution in [1.82, 2.24) is 24.5 Å². The van der Waals surface area contributed by atoms with Crippen LogP contribution in [0.2, 0.25) is 0 Å². The fraction of sp³-hybridized carbons (Fsp3) is 0.250. The van der Waals surface area contributed by atoms with Crippen LogP contribution in [-0.4, -0.2) is 41.4 Å². The number of nitrogens with two attached hydrogens (primary N) is 1. The zero-order valence-electron chi connectivity index (χ0n) is 8.94. The first-order valence-electron chi connectivity index (χ1n) is 4.62. The second-order valence-corrected chi connectivity index (χ2v) is 4.17. The van der Waals surface area contributed by atoms with E-state index in [2.05, 4.69) is 15.3 Å². The van der Waals surface area contributed by atoms with E-state index >= 15 is 0 Å². The summed E-state index contributed by atoms with van der Waals surface area (Å²) in [5, 5.41) is 20.6. The Kier molecular flexibility index (Phi) is 3.00. The van der Waals surface area contributed by atoms with Gasteiger partial charge in [0.2, 0.25) is 5.95 Å². The molecule has 0 aromatic carbocycles. The number of hydrogen-bond donors (Lipinski definition) is 2. The van der Waals surface area contributed by atoms with Crippen LogP contribution in [0.3, 0.4) is 0 Å². The van der Waals surface area contributed by atoms with E-state index in [9.17, 15) is 4.79 Å². The minimum atomic E-state index is -0.922. The standard InChI is InChI=1S/C8H10N6O2S/c1-13-3-5(2-10-13)14-7(9)11-12-8(14)17-4-6(15)16/h2-3H,4H2,1H3,(H2,9,11)(H,15,16). The van der Waals surface area contributed by atoms with E-state index in [1.54, 1.807) is 28.7 Å². The highest BCUT2D eigenvalue weighted by atomic mass is 32.2. The van der Waals surface area contributed by atoms with Crippen molar-refractivity contribution in [1.29, 1.82) is 0 Å². The molecule has 0 amide bonds. The Morgan fingerprint density at radius 3 is 2.94 bits per heavy atom. The number of aliphatic carboxylic acids is 1. The van der Waals surface area contributed by atoms with Crippen LogP contribution in [0.15, 0.2) is 17.6 Å². The van der Waals surface area contributed by atoms with Crippen LogP contribution in [0, 0.1) is 0 Å². The molecule has 2 rings (SSSR count). The zero-order chi connectivity index (χ0) is 12.4. The van der Waals surface area contributed by atoms with Crippen molar-refractivity contribution < 1.29 is 9.90 Å². The second kappa shape index (κ2) is 4.45. The lowest BCUT2D eigenvalue weighted by atomic mass is 10.5. The third-order valence-corrected chi connectivity index (χ3v) is 2.85. The SMILES string of the molecule is Cn1cc(-n2c(N)nnc2SCC(=O)O)cn1. The van der Waals surface area contributed by atoms with Crippen molar-refractivity contribution in [2.45, 2.75) is 5.16 Å². The number of hydrogen-bond acceptors (Lipinski definition) is 6. The number of thioether (sulfide) groups is 1. The van der Waals surface area contributed by atoms with Gasteiger partial charge in [0.15, 0.2) is 5.16 Å². The van der Waals surface area contributed by atoms with Gasteiger partial charge in [-0.1, -0.05) is 11.8 Å². The van der Waals surface area contributed by atoms with Crippen molar-refractivity contribution in [2.75, 3.05) is 11.5 Å². The van der Waals surface area contributed by atoms with Crippen LogP contribution in [-0.2, 0) is 11.8 Å². The number of carboxylic acids is 1. The molecule has 0 saturated carbocycles. The highest BCUT2D eigenvalue weighted by Gasteiger charge is 2.14. The topological polar surface area (TPSA) is 112 Å². The molecule has 0 bridgehead atoms. The van der Waals surface area contributed by atoms with Gasteiger partial charge in [-0.2, -0.15) is 5.10 Å². The molecular weight excluding hydrogens is 244 g/mol. The third-order valence-electron chi connectivity index (χ3n) is 1.93. The third kappa shape index (κ3) is 2.38. The lowest BCUT2D eigenvalue weighted by molar-refractivity contribution is -0.133. The van der Waals surface area contributed by atoms with Gasteiger partial charge in [0.25, 0.3) is 0 Å². The summed E-state index contributed by atoms with van der Waals surface area (Å²) in [7, 11) is 1.77. The summed E-state index contributed by atoms with van der Waals surface area (Å²) in [4.78, 5) is 10.5. The number of nitrogen functional groups attached to an aromatic ring is 1. The fourth-order valence-corrected chi connectivity index (χ4v) is 1.95. The summed E-state index contributed by atoms with van der Waals surface area (Å²) in [6, 6.07) is 0. The summed E-state index contributed by atoms with van der Waals surface area (Å²) in [6.07, 6.45) is 3.34. The van der Waals surface area contributed by atoms with Gasteiger partial charge in [-0.25, -0.2) is 0 Å². The molecule has 0 aliphatic rings. The molecule has 17 heavy (non-hydrogen) atoms. The highest BCUT2D eigenvalue weighted by molar-refractivity contribution is 7.99. The van der Waals surface area contributed by atoms with Crippen molar-refractivity contribution >= 4 is 23.7 Å². The zero-order valence-corrected chi connectivity index (χ0v) is 9.76. The predicted octanol–water partition coefficient (Wildman–Crippen LogP) is -0.240. The van der Waals surface area contributed by atoms with Crippen molar-refractivity contribution in [3.05, 3.63) is 12.4 Å². The molecule has 3 N–H and O–H groups in total. The Balaban J connectivity index is 2.32. The van der Waals surface area contributed by atoms with Crippen LogP contribution >= 0.6 is 11.8 Å². The first-order valence-corrected chi connectivity index (χ1v) is 5.61. The smallest absolute Gasteiger partial charge is 0.313 e. The number of nitrogens with zero attached hydrogens (tertiary/aromatic N) is 5. The van der Waals surface area contributed by atoms with Crippen molar-refractivity contribution in [3.63, 3.8) is 0 Å². The second-order valence-electron chi connectivity index (χ2n) is 3.23. The Labute approximate surface area is 100 Å². The Bertz CT molecular complexity index is 548. The van der Waals surface area contributed by atoms with Crippen molar-refractivity contribution in [3.8, 4) is 5.69 Å². The number of carbonyl (C=O) groups is 1. The summed E-state index contributed by atoms with van der Waals surface area (Å²) < 4.78 is 3.17. The Hall–Kier alpha value is -2.03. The molecule has 2 aromatic heterocycles. The molecule has 0 spiro atoms. The fourth-order valence-electron chi connectivity index (χ4n) is 1.27. The van der Waals surface area contributed by atoms with E-state index in [1.165, 1.54) is 0 Å². The van der Waals surface area contributed by atoms with Crippen LogP contribution in [0.4, 0.5) is 5.95 Å². The maximum atomic E-state index is 10.5. The van der Waals surface area contributed by atoms with Gasteiger partial charge in [-0.15, -0.1) is 10.2 Å². The normalized spacial score (nSPS) is 10.6.